The topological polar surface area (TPSA) is 50.4 Å². The summed E-state index contributed by atoms with van der Waals surface area (Å²) in [5.41, 5.74) is -0.614. The van der Waals surface area contributed by atoms with Crippen LogP contribution in [-0.2, 0) is 9.53 Å². The Morgan fingerprint density at radius 3 is 2.32 bits per heavy atom. The van der Waals surface area contributed by atoms with Gasteiger partial charge in [-0.05, 0) is 51.6 Å². The summed E-state index contributed by atoms with van der Waals surface area (Å²) < 4.78 is 5.51. The van der Waals surface area contributed by atoms with E-state index in [9.17, 15) is 4.79 Å². The number of nitrogens with one attached hydrogen (secondary N) is 2. The maximum absolute atomic E-state index is 12.3. The fourth-order valence-electron chi connectivity index (χ4n) is 2.37. The Morgan fingerprint density at radius 1 is 1.26 bits per heavy atom. The summed E-state index contributed by atoms with van der Waals surface area (Å²) in [5, 5.41) is 6.37. The van der Waals surface area contributed by atoms with E-state index in [1.807, 2.05) is 0 Å². The Morgan fingerprint density at radius 2 is 1.84 bits per heavy atom. The Labute approximate surface area is 123 Å². The maximum Gasteiger partial charge on any atom is 0.252 e. The van der Waals surface area contributed by atoms with Crippen molar-refractivity contribution in [2.75, 3.05) is 20.2 Å². The highest BCUT2D eigenvalue weighted by atomic mass is 35.5. The van der Waals surface area contributed by atoms with Gasteiger partial charge in [-0.3, -0.25) is 4.79 Å². The molecule has 0 aromatic rings. The van der Waals surface area contributed by atoms with Gasteiger partial charge in [0.15, 0.2) is 0 Å². The van der Waals surface area contributed by atoms with Gasteiger partial charge in [-0.2, -0.15) is 0 Å². The van der Waals surface area contributed by atoms with Crippen molar-refractivity contribution in [3.8, 4) is 0 Å². The maximum atomic E-state index is 12.3. The highest BCUT2D eigenvalue weighted by Crippen LogP contribution is 2.23. The van der Waals surface area contributed by atoms with E-state index < -0.39 is 5.60 Å². The van der Waals surface area contributed by atoms with Crippen LogP contribution < -0.4 is 10.6 Å². The minimum atomic E-state index is -0.614. The Bertz CT molecular complexity index is 266. The molecule has 1 saturated heterocycles. The molecule has 2 N–H and O–H groups in total. The lowest BCUT2D eigenvalue weighted by Crippen LogP contribution is -2.55. The van der Waals surface area contributed by atoms with Gasteiger partial charge >= 0.3 is 0 Å². The van der Waals surface area contributed by atoms with E-state index in [1.165, 1.54) is 0 Å². The monoisotopic (exact) mass is 292 g/mol. The van der Waals surface area contributed by atoms with Crippen molar-refractivity contribution in [2.45, 2.75) is 58.1 Å². The van der Waals surface area contributed by atoms with Gasteiger partial charge in [0.05, 0.1) is 0 Å². The molecule has 0 bridgehead atoms. The summed E-state index contributed by atoms with van der Waals surface area (Å²) in [6.07, 6.45) is 3.68. The first-order valence-corrected chi connectivity index (χ1v) is 7.07. The molecule has 0 aliphatic carbocycles. The van der Waals surface area contributed by atoms with Crippen molar-refractivity contribution in [1.29, 1.82) is 0 Å². The molecule has 0 aromatic carbocycles. The highest BCUT2D eigenvalue weighted by molar-refractivity contribution is 5.85. The van der Waals surface area contributed by atoms with Gasteiger partial charge in [0.25, 0.3) is 5.91 Å². The number of rotatable bonds is 6. The van der Waals surface area contributed by atoms with Crippen LogP contribution in [0, 0.1) is 5.92 Å². The summed E-state index contributed by atoms with van der Waals surface area (Å²) in [6.45, 7) is 8.18. The van der Waals surface area contributed by atoms with Crippen LogP contribution in [0.3, 0.4) is 0 Å². The average molecular weight is 293 g/mol. The third-order valence-electron chi connectivity index (χ3n) is 3.77. The van der Waals surface area contributed by atoms with Crippen molar-refractivity contribution in [2.24, 2.45) is 5.92 Å². The minimum absolute atomic E-state index is 0. The van der Waals surface area contributed by atoms with Gasteiger partial charge in [-0.15, -0.1) is 12.4 Å². The summed E-state index contributed by atoms with van der Waals surface area (Å²) in [5.74, 6) is 0.738. The highest BCUT2D eigenvalue weighted by Gasteiger charge is 2.39. The van der Waals surface area contributed by atoms with Crippen LogP contribution in [0.1, 0.15) is 46.5 Å². The first-order valence-electron chi connectivity index (χ1n) is 7.07. The molecule has 1 unspecified atom stereocenters. The lowest BCUT2D eigenvalue weighted by Gasteiger charge is -2.35. The fraction of sp³-hybridized carbons (Fsp3) is 0.929. The number of methoxy groups -OCH3 is 1. The van der Waals surface area contributed by atoms with Crippen molar-refractivity contribution in [3.05, 3.63) is 0 Å². The minimum Gasteiger partial charge on any atom is -0.368 e. The standard InChI is InChI=1S/C14H28N2O2.ClH/c1-11(2)5-6-12(3)16-13(17)14(18-4)7-9-15-10-8-14;/h11-12,15H,5-10H2,1-4H3,(H,16,17);1H. The second-order valence-electron chi connectivity index (χ2n) is 5.79. The van der Waals surface area contributed by atoms with E-state index in [2.05, 4.69) is 31.4 Å². The van der Waals surface area contributed by atoms with E-state index >= 15 is 0 Å². The molecule has 0 spiro atoms. The second-order valence-corrected chi connectivity index (χ2v) is 5.79. The van der Waals surface area contributed by atoms with Gasteiger partial charge in [0.2, 0.25) is 0 Å². The molecule has 1 fully saturated rings. The van der Waals surface area contributed by atoms with Gasteiger partial charge in [0.1, 0.15) is 5.60 Å². The number of amides is 1. The predicted octanol–water partition coefficient (Wildman–Crippen LogP) is 2.12. The zero-order chi connectivity index (χ0) is 13.6. The third kappa shape index (κ3) is 5.67. The second kappa shape index (κ2) is 8.77. The normalized spacial score (nSPS) is 19.6. The van der Waals surface area contributed by atoms with Gasteiger partial charge in [-0.1, -0.05) is 13.8 Å². The molecule has 0 radical (unpaired) electrons. The number of piperidine rings is 1. The molecule has 1 heterocycles. The molecular weight excluding hydrogens is 264 g/mol. The SMILES string of the molecule is COC1(C(=O)NC(C)CCC(C)C)CCNCC1.Cl. The Balaban J connectivity index is 0.00000324. The summed E-state index contributed by atoms with van der Waals surface area (Å²) >= 11 is 0. The molecule has 1 amide bonds. The smallest absolute Gasteiger partial charge is 0.252 e. The van der Waals surface area contributed by atoms with Crippen LogP contribution in [0.5, 0.6) is 0 Å². The van der Waals surface area contributed by atoms with E-state index in [1.54, 1.807) is 7.11 Å². The molecule has 0 aromatic heterocycles. The summed E-state index contributed by atoms with van der Waals surface area (Å²) in [7, 11) is 1.64. The van der Waals surface area contributed by atoms with Crippen LogP contribution in [-0.4, -0.2) is 37.7 Å². The summed E-state index contributed by atoms with van der Waals surface area (Å²) in [6, 6.07) is 0.224. The predicted molar refractivity (Wildman–Crippen MR) is 80.8 cm³/mol. The lowest BCUT2D eigenvalue weighted by atomic mass is 9.90. The molecule has 1 rings (SSSR count). The van der Waals surface area contributed by atoms with E-state index in [0.29, 0.717) is 5.92 Å². The average Bonchev–Trinajstić information content (AvgIpc) is 2.37. The molecule has 4 nitrogen and oxygen atoms in total. The number of hydrogen-bond acceptors (Lipinski definition) is 3. The number of hydrogen-bond donors (Lipinski definition) is 2. The van der Waals surface area contributed by atoms with Gasteiger partial charge in [-0.25, -0.2) is 0 Å². The molecule has 5 heteroatoms. The largest absolute Gasteiger partial charge is 0.368 e. The first kappa shape index (κ1) is 18.7. The van der Waals surface area contributed by atoms with E-state index in [4.69, 9.17) is 4.74 Å². The molecule has 114 valence electrons. The van der Waals surface area contributed by atoms with Gasteiger partial charge in [0, 0.05) is 13.2 Å². The molecule has 1 aliphatic heterocycles. The van der Waals surface area contributed by atoms with Crippen LogP contribution in [0.15, 0.2) is 0 Å². The molecule has 19 heavy (non-hydrogen) atoms. The quantitative estimate of drug-likeness (QED) is 0.788. The van der Waals surface area contributed by atoms with Crippen LogP contribution in [0.2, 0.25) is 0 Å². The van der Waals surface area contributed by atoms with Crippen molar-refractivity contribution >= 4 is 18.3 Å². The Kier molecular flexibility index (Phi) is 8.62. The summed E-state index contributed by atoms with van der Waals surface area (Å²) in [4.78, 5) is 12.3. The van der Waals surface area contributed by atoms with E-state index in [-0.39, 0.29) is 24.4 Å². The zero-order valence-electron chi connectivity index (χ0n) is 12.6. The van der Waals surface area contributed by atoms with Crippen molar-refractivity contribution in [1.82, 2.24) is 10.6 Å². The molecular formula is C14H29ClN2O2. The zero-order valence-corrected chi connectivity index (χ0v) is 13.4. The molecule has 1 aliphatic rings. The number of halogens is 1. The van der Waals surface area contributed by atoms with Crippen LogP contribution in [0.25, 0.3) is 0 Å². The van der Waals surface area contributed by atoms with Crippen LogP contribution >= 0.6 is 12.4 Å². The third-order valence-corrected chi connectivity index (χ3v) is 3.77. The van der Waals surface area contributed by atoms with E-state index in [0.717, 1.165) is 38.8 Å². The van der Waals surface area contributed by atoms with Crippen molar-refractivity contribution < 1.29 is 9.53 Å². The fourth-order valence-corrected chi connectivity index (χ4v) is 2.37. The van der Waals surface area contributed by atoms with Crippen LogP contribution in [0.4, 0.5) is 0 Å². The number of carbonyl (C=O) groups is 1. The van der Waals surface area contributed by atoms with Gasteiger partial charge < -0.3 is 15.4 Å². The molecule has 1 atom stereocenters. The van der Waals surface area contributed by atoms with Crippen molar-refractivity contribution in [3.63, 3.8) is 0 Å². The first-order chi connectivity index (χ1) is 8.50. The number of carbonyl (C=O) groups excluding carboxylic acids is 1. The lowest BCUT2D eigenvalue weighted by molar-refractivity contribution is -0.147. The Hall–Kier alpha value is -0.320. The number of ether oxygens (including phenoxy) is 1. The molecule has 0 saturated carbocycles.